The number of nitrogens with one attached hydrogen (secondary N) is 2. The largest absolute Gasteiger partial charge is 0.494 e. The lowest BCUT2D eigenvalue weighted by molar-refractivity contribution is 0.0949. The van der Waals surface area contributed by atoms with Crippen LogP contribution in [-0.2, 0) is 6.54 Å². The van der Waals surface area contributed by atoms with Crippen LogP contribution in [0.25, 0.3) is 0 Å². The summed E-state index contributed by atoms with van der Waals surface area (Å²) in [6.07, 6.45) is 0.893. The lowest BCUT2D eigenvalue weighted by Crippen LogP contribution is -2.23. The third-order valence-electron chi connectivity index (χ3n) is 4.31. The van der Waals surface area contributed by atoms with Crippen LogP contribution in [0.3, 0.4) is 0 Å². The zero-order valence-electron chi connectivity index (χ0n) is 16.7. The molecule has 0 saturated heterocycles. The van der Waals surface area contributed by atoms with Crippen molar-refractivity contribution in [2.75, 3.05) is 11.9 Å². The van der Waals surface area contributed by atoms with Crippen LogP contribution < -0.4 is 15.4 Å². The minimum absolute atomic E-state index is 0.210. The summed E-state index contributed by atoms with van der Waals surface area (Å²) in [6, 6.07) is 19.6. The summed E-state index contributed by atoms with van der Waals surface area (Å²) in [5.41, 5.74) is 2.30. The third kappa shape index (κ3) is 5.91. The SMILES string of the molecule is CCCOc1cccc(C(=O)NCc2cccc(NC(=O)c3ccc(F)cc3)c2)c1. The van der Waals surface area contributed by atoms with E-state index >= 15 is 0 Å². The minimum Gasteiger partial charge on any atom is -0.494 e. The Balaban J connectivity index is 1.59. The molecule has 3 aromatic carbocycles. The predicted octanol–water partition coefficient (Wildman–Crippen LogP) is 4.80. The Morgan fingerprint density at radius 2 is 1.67 bits per heavy atom. The lowest BCUT2D eigenvalue weighted by atomic mass is 10.1. The lowest BCUT2D eigenvalue weighted by Gasteiger charge is -2.10. The van der Waals surface area contributed by atoms with E-state index in [4.69, 9.17) is 4.74 Å². The first-order valence-electron chi connectivity index (χ1n) is 9.72. The van der Waals surface area contributed by atoms with Crippen molar-refractivity contribution < 1.29 is 18.7 Å². The molecule has 2 amide bonds. The van der Waals surface area contributed by atoms with Crippen molar-refractivity contribution in [3.63, 3.8) is 0 Å². The van der Waals surface area contributed by atoms with Crippen LogP contribution in [0, 0.1) is 5.82 Å². The molecule has 6 heteroatoms. The molecule has 3 rings (SSSR count). The molecule has 0 heterocycles. The van der Waals surface area contributed by atoms with Crippen LogP contribution in [0.4, 0.5) is 10.1 Å². The summed E-state index contributed by atoms with van der Waals surface area (Å²) in [4.78, 5) is 24.7. The van der Waals surface area contributed by atoms with Crippen LogP contribution in [0.2, 0.25) is 0 Å². The van der Waals surface area contributed by atoms with Crippen molar-refractivity contribution in [3.05, 3.63) is 95.3 Å². The predicted molar refractivity (Wildman–Crippen MR) is 114 cm³/mol. The third-order valence-corrected chi connectivity index (χ3v) is 4.31. The summed E-state index contributed by atoms with van der Waals surface area (Å²) in [5.74, 6) is -0.278. The summed E-state index contributed by atoms with van der Waals surface area (Å²) in [7, 11) is 0. The van der Waals surface area contributed by atoms with Gasteiger partial charge in [0.25, 0.3) is 11.8 Å². The molecule has 0 spiro atoms. The standard InChI is InChI=1S/C24H23FN2O3/c1-2-13-30-22-8-4-6-19(15-22)23(28)26-16-17-5-3-7-21(14-17)27-24(29)18-9-11-20(25)12-10-18/h3-12,14-15H,2,13,16H2,1H3,(H,26,28)(H,27,29). The molecule has 30 heavy (non-hydrogen) atoms. The topological polar surface area (TPSA) is 67.4 Å². The van der Waals surface area contributed by atoms with Crippen LogP contribution in [0.15, 0.2) is 72.8 Å². The highest BCUT2D eigenvalue weighted by Crippen LogP contribution is 2.15. The van der Waals surface area contributed by atoms with Gasteiger partial charge in [0.05, 0.1) is 6.61 Å². The Morgan fingerprint density at radius 1 is 0.900 bits per heavy atom. The molecule has 0 aliphatic heterocycles. The van der Waals surface area contributed by atoms with E-state index in [9.17, 15) is 14.0 Å². The summed E-state index contributed by atoms with van der Waals surface area (Å²) < 4.78 is 18.6. The van der Waals surface area contributed by atoms with Gasteiger partial charge in [-0.15, -0.1) is 0 Å². The normalized spacial score (nSPS) is 10.3. The van der Waals surface area contributed by atoms with Crippen molar-refractivity contribution in [3.8, 4) is 5.75 Å². The van der Waals surface area contributed by atoms with E-state index in [0.717, 1.165) is 12.0 Å². The van der Waals surface area contributed by atoms with Gasteiger partial charge in [-0.1, -0.05) is 25.1 Å². The number of benzene rings is 3. The molecule has 0 radical (unpaired) electrons. The van der Waals surface area contributed by atoms with E-state index < -0.39 is 5.82 Å². The van der Waals surface area contributed by atoms with Crippen LogP contribution in [-0.4, -0.2) is 18.4 Å². The van der Waals surface area contributed by atoms with Crippen molar-refractivity contribution in [1.82, 2.24) is 5.32 Å². The molecule has 2 N–H and O–H groups in total. The van der Waals surface area contributed by atoms with E-state index in [1.807, 2.05) is 19.1 Å². The maximum atomic E-state index is 13.0. The average molecular weight is 406 g/mol. The van der Waals surface area contributed by atoms with Gasteiger partial charge in [-0.3, -0.25) is 9.59 Å². The van der Waals surface area contributed by atoms with Gasteiger partial charge >= 0.3 is 0 Å². The van der Waals surface area contributed by atoms with E-state index in [1.165, 1.54) is 24.3 Å². The molecule has 0 aliphatic carbocycles. The maximum Gasteiger partial charge on any atom is 0.255 e. The first-order valence-corrected chi connectivity index (χ1v) is 9.72. The van der Waals surface area contributed by atoms with Gasteiger partial charge in [-0.05, 0) is 66.6 Å². The monoisotopic (exact) mass is 406 g/mol. The van der Waals surface area contributed by atoms with Crippen molar-refractivity contribution in [2.45, 2.75) is 19.9 Å². The van der Waals surface area contributed by atoms with Crippen molar-refractivity contribution >= 4 is 17.5 Å². The van der Waals surface area contributed by atoms with Gasteiger partial charge in [-0.2, -0.15) is 0 Å². The Morgan fingerprint density at radius 3 is 2.43 bits per heavy atom. The number of ether oxygens (including phenoxy) is 1. The number of hydrogen-bond acceptors (Lipinski definition) is 3. The highest BCUT2D eigenvalue weighted by molar-refractivity contribution is 6.04. The highest BCUT2D eigenvalue weighted by atomic mass is 19.1. The fraction of sp³-hybridized carbons (Fsp3) is 0.167. The summed E-state index contributed by atoms with van der Waals surface area (Å²) in [5, 5.41) is 5.64. The van der Waals surface area contributed by atoms with Crippen LogP contribution >= 0.6 is 0 Å². The quantitative estimate of drug-likeness (QED) is 0.565. The number of amides is 2. The van der Waals surface area contributed by atoms with Gasteiger partial charge < -0.3 is 15.4 Å². The molecular weight excluding hydrogens is 383 g/mol. The summed E-state index contributed by atoms with van der Waals surface area (Å²) >= 11 is 0. The smallest absolute Gasteiger partial charge is 0.255 e. The summed E-state index contributed by atoms with van der Waals surface area (Å²) in [6.45, 7) is 2.92. The average Bonchev–Trinajstić information content (AvgIpc) is 2.77. The molecular formula is C24H23FN2O3. The molecule has 0 atom stereocenters. The second-order valence-corrected chi connectivity index (χ2v) is 6.72. The fourth-order valence-corrected chi connectivity index (χ4v) is 2.80. The van der Waals surface area contributed by atoms with Gasteiger partial charge in [0.2, 0.25) is 0 Å². The van der Waals surface area contributed by atoms with E-state index in [0.29, 0.717) is 35.7 Å². The second kappa shape index (κ2) is 10.2. The van der Waals surface area contributed by atoms with E-state index in [-0.39, 0.29) is 11.8 Å². The Hall–Kier alpha value is -3.67. The number of rotatable bonds is 8. The van der Waals surface area contributed by atoms with Crippen molar-refractivity contribution in [2.24, 2.45) is 0 Å². The van der Waals surface area contributed by atoms with Crippen molar-refractivity contribution in [1.29, 1.82) is 0 Å². The number of carbonyl (C=O) groups excluding carboxylic acids is 2. The molecule has 0 fully saturated rings. The van der Waals surface area contributed by atoms with Gasteiger partial charge in [0.15, 0.2) is 0 Å². The molecule has 0 bridgehead atoms. The zero-order chi connectivity index (χ0) is 21.3. The molecule has 0 saturated carbocycles. The Bertz CT molecular complexity index is 1020. The van der Waals surface area contributed by atoms with Crippen LogP contribution in [0.1, 0.15) is 39.6 Å². The Kier molecular flexibility index (Phi) is 7.16. The van der Waals surface area contributed by atoms with E-state index in [2.05, 4.69) is 10.6 Å². The molecule has 5 nitrogen and oxygen atoms in total. The molecule has 0 aromatic heterocycles. The first-order chi connectivity index (χ1) is 14.5. The van der Waals surface area contributed by atoms with Crippen LogP contribution in [0.5, 0.6) is 5.75 Å². The van der Waals surface area contributed by atoms with Gasteiger partial charge in [-0.25, -0.2) is 4.39 Å². The number of carbonyl (C=O) groups is 2. The number of hydrogen-bond donors (Lipinski definition) is 2. The molecule has 154 valence electrons. The zero-order valence-corrected chi connectivity index (χ0v) is 16.7. The van der Waals surface area contributed by atoms with Gasteiger partial charge in [0, 0.05) is 23.4 Å². The fourth-order valence-electron chi connectivity index (χ4n) is 2.80. The number of anilines is 1. The molecule has 0 unspecified atom stereocenters. The molecule has 0 aliphatic rings. The van der Waals surface area contributed by atoms with E-state index in [1.54, 1.807) is 36.4 Å². The maximum absolute atomic E-state index is 13.0. The molecule has 3 aromatic rings. The van der Waals surface area contributed by atoms with Gasteiger partial charge in [0.1, 0.15) is 11.6 Å². The Labute approximate surface area is 174 Å². The minimum atomic E-state index is -0.397. The second-order valence-electron chi connectivity index (χ2n) is 6.72. The highest BCUT2D eigenvalue weighted by Gasteiger charge is 2.09. The number of halogens is 1. The first kappa shape index (κ1) is 21.0.